The summed E-state index contributed by atoms with van der Waals surface area (Å²) >= 11 is 0. The Kier molecular flexibility index (Phi) is 9.33. The van der Waals surface area contributed by atoms with Crippen molar-refractivity contribution in [2.24, 2.45) is 5.92 Å². The Balaban J connectivity index is 1.07. The molecule has 11 nitrogen and oxygen atoms in total. The van der Waals surface area contributed by atoms with E-state index in [0.29, 0.717) is 65.0 Å². The zero-order chi connectivity index (χ0) is 34.8. The molecule has 50 heavy (non-hydrogen) atoms. The van der Waals surface area contributed by atoms with Gasteiger partial charge in [-0.3, -0.25) is 24.0 Å². The smallest absolute Gasteiger partial charge is 0.271 e. The van der Waals surface area contributed by atoms with Crippen molar-refractivity contribution in [2.45, 2.75) is 6.42 Å². The number of fused-ring (bicyclic) bond motifs is 2. The molecule has 0 atom stereocenters. The lowest BCUT2D eigenvalue weighted by atomic mass is 10.0. The van der Waals surface area contributed by atoms with E-state index in [1.165, 1.54) is 48.1 Å². The van der Waals surface area contributed by atoms with E-state index in [-0.39, 0.29) is 22.7 Å². The summed E-state index contributed by atoms with van der Waals surface area (Å²) in [4.78, 5) is 33.7. The van der Waals surface area contributed by atoms with Gasteiger partial charge in [0.15, 0.2) is 23.1 Å². The van der Waals surface area contributed by atoms with E-state index in [2.05, 4.69) is 15.2 Å². The van der Waals surface area contributed by atoms with Crippen LogP contribution in [0.25, 0.3) is 16.6 Å². The summed E-state index contributed by atoms with van der Waals surface area (Å²) in [7, 11) is 3.25. The molecule has 258 valence electrons. The second kappa shape index (κ2) is 14.1. The fourth-order valence-corrected chi connectivity index (χ4v) is 6.20. The molecule has 3 aromatic carbocycles. The standard InChI is InChI=1S/C37H34F2N4O7/c1-46-21-22-18-42(19-22)12-14-48-33-17-29-27(16-32(33)47-2)30(9-11-40-29)50-31-8-5-25(15-28(31)39)41-36(44)34-35-23(10-13-49-35)20-43(37(34)45)26-6-3-24(38)4-7-26/h3-9,11,15-17,20,22H,10,12-14,18-19,21H2,1-2H3,(H,41,44). The first-order valence-electron chi connectivity index (χ1n) is 16.1. The van der Waals surface area contributed by atoms with E-state index in [9.17, 15) is 14.0 Å². The Morgan fingerprint density at radius 2 is 1.82 bits per heavy atom. The van der Waals surface area contributed by atoms with Gasteiger partial charge in [-0.05, 0) is 48.5 Å². The number of halogens is 2. The number of likely N-dealkylation sites (tertiary alicyclic amines) is 1. The van der Waals surface area contributed by atoms with Crippen molar-refractivity contribution >= 4 is 22.5 Å². The molecule has 2 aliphatic heterocycles. The molecular formula is C37H34F2N4O7. The molecule has 5 aromatic rings. The molecule has 1 amide bonds. The Morgan fingerprint density at radius 1 is 1.00 bits per heavy atom. The Morgan fingerprint density at radius 3 is 2.58 bits per heavy atom. The van der Waals surface area contributed by atoms with Crippen LogP contribution in [0.2, 0.25) is 0 Å². The third kappa shape index (κ3) is 6.69. The third-order valence-electron chi connectivity index (χ3n) is 8.68. The van der Waals surface area contributed by atoms with Gasteiger partial charge in [-0.1, -0.05) is 0 Å². The molecule has 2 aromatic heterocycles. The number of carbonyl (C=O) groups excluding carboxylic acids is 1. The highest BCUT2D eigenvalue weighted by Gasteiger charge is 2.28. The minimum absolute atomic E-state index is 0.0960. The van der Waals surface area contributed by atoms with E-state index in [1.54, 1.807) is 37.7 Å². The molecule has 0 unspecified atom stereocenters. The normalized spacial score (nSPS) is 14.2. The van der Waals surface area contributed by atoms with Crippen molar-refractivity contribution in [3.05, 3.63) is 106 Å². The van der Waals surface area contributed by atoms with Gasteiger partial charge in [0.1, 0.15) is 29.5 Å². The van der Waals surface area contributed by atoms with Crippen molar-refractivity contribution in [3.63, 3.8) is 0 Å². The summed E-state index contributed by atoms with van der Waals surface area (Å²) in [5.41, 5.74) is 0.806. The average molecular weight is 685 g/mol. The van der Waals surface area contributed by atoms with Gasteiger partial charge >= 0.3 is 0 Å². The Hall–Kier alpha value is -5.53. The number of amides is 1. The molecular weight excluding hydrogens is 650 g/mol. The zero-order valence-electron chi connectivity index (χ0n) is 27.4. The van der Waals surface area contributed by atoms with Crippen LogP contribution in [0.15, 0.2) is 77.9 Å². The predicted molar refractivity (Wildman–Crippen MR) is 181 cm³/mol. The predicted octanol–water partition coefficient (Wildman–Crippen LogP) is 5.61. The topological polar surface area (TPSA) is 113 Å². The maximum Gasteiger partial charge on any atom is 0.271 e. The minimum atomic E-state index is -0.775. The number of nitrogens with one attached hydrogen (secondary N) is 1. The van der Waals surface area contributed by atoms with Crippen LogP contribution in [0, 0.1) is 17.6 Å². The first kappa shape index (κ1) is 33.0. The van der Waals surface area contributed by atoms with Crippen molar-refractivity contribution in [1.82, 2.24) is 14.5 Å². The molecule has 0 spiro atoms. The van der Waals surface area contributed by atoms with Gasteiger partial charge in [-0.2, -0.15) is 0 Å². The van der Waals surface area contributed by atoms with Gasteiger partial charge in [0.2, 0.25) is 0 Å². The lowest BCUT2D eigenvalue weighted by Gasteiger charge is -2.38. The fourth-order valence-electron chi connectivity index (χ4n) is 6.20. The van der Waals surface area contributed by atoms with E-state index in [4.69, 9.17) is 23.7 Å². The lowest BCUT2D eigenvalue weighted by molar-refractivity contribution is 0.0267. The third-order valence-corrected chi connectivity index (χ3v) is 8.68. The van der Waals surface area contributed by atoms with Crippen LogP contribution in [0.1, 0.15) is 15.9 Å². The molecule has 1 N–H and O–H groups in total. The first-order chi connectivity index (χ1) is 24.3. The quantitative estimate of drug-likeness (QED) is 0.179. The summed E-state index contributed by atoms with van der Waals surface area (Å²) in [5, 5.41) is 3.18. The van der Waals surface area contributed by atoms with Crippen LogP contribution in [-0.4, -0.2) is 74.0 Å². The van der Waals surface area contributed by atoms with Crippen molar-refractivity contribution < 1.29 is 37.3 Å². The van der Waals surface area contributed by atoms with E-state index in [1.807, 2.05) is 0 Å². The highest BCUT2D eigenvalue weighted by molar-refractivity contribution is 6.06. The van der Waals surface area contributed by atoms with Gasteiger partial charge < -0.3 is 29.0 Å². The highest BCUT2D eigenvalue weighted by atomic mass is 19.1. The van der Waals surface area contributed by atoms with Gasteiger partial charge in [0.25, 0.3) is 11.5 Å². The number of hydrogen-bond donors (Lipinski definition) is 1. The number of hydrogen-bond acceptors (Lipinski definition) is 9. The molecule has 7 rings (SSSR count). The second-order valence-electron chi connectivity index (χ2n) is 12.1. The number of carbonyl (C=O) groups is 1. The zero-order valence-corrected chi connectivity index (χ0v) is 27.4. The largest absolute Gasteiger partial charge is 0.493 e. The number of pyridine rings is 2. The molecule has 1 fully saturated rings. The number of methoxy groups -OCH3 is 2. The van der Waals surface area contributed by atoms with Crippen molar-refractivity contribution in [3.8, 4) is 34.4 Å². The monoisotopic (exact) mass is 684 g/mol. The summed E-state index contributed by atoms with van der Waals surface area (Å²) < 4.78 is 58.7. The molecule has 13 heteroatoms. The van der Waals surface area contributed by atoms with Gasteiger partial charge in [-0.15, -0.1) is 0 Å². The molecule has 1 saturated heterocycles. The number of anilines is 1. The highest BCUT2D eigenvalue weighted by Crippen LogP contribution is 2.38. The van der Waals surface area contributed by atoms with Crippen molar-refractivity contribution in [2.75, 3.05) is 59.0 Å². The first-order valence-corrected chi connectivity index (χ1v) is 16.1. The number of aromatic nitrogens is 2. The SMILES string of the molecule is COCC1CN(CCOc2cc3nccc(Oc4ccc(NC(=O)c5c6c(cn(-c7ccc(F)cc7)c5=O)CCO6)cc4F)c3cc2OC)C1. The van der Waals surface area contributed by atoms with Crippen LogP contribution >= 0.6 is 0 Å². The van der Waals surface area contributed by atoms with Crippen molar-refractivity contribution in [1.29, 1.82) is 0 Å². The molecule has 4 heterocycles. The lowest BCUT2D eigenvalue weighted by Crippen LogP contribution is -2.49. The minimum Gasteiger partial charge on any atom is -0.493 e. The van der Waals surface area contributed by atoms with Gasteiger partial charge in [0, 0.05) is 85.9 Å². The van der Waals surface area contributed by atoms with Crippen LogP contribution in [0.5, 0.6) is 28.7 Å². The van der Waals surface area contributed by atoms with Gasteiger partial charge in [0.05, 0.1) is 25.8 Å². The molecule has 0 saturated carbocycles. The summed E-state index contributed by atoms with van der Waals surface area (Å²) in [6, 6.07) is 14.4. The fraction of sp³-hybridized carbons (Fsp3) is 0.270. The summed E-state index contributed by atoms with van der Waals surface area (Å²) in [6.45, 7) is 4.23. The van der Waals surface area contributed by atoms with Crippen LogP contribution in [0.3, 0.4) is 0 Å². The van der Waals surface area contributed by atoms with Gasteiger partial charge in [-0.25, -0.2) is 8.78 Å². The maximum absolute atomic E-state index is 15.5. The van der Waals surface area contributed by atoms with E-state index >= 15 is 4.39 Å². The number of ether oxygens (including phenoxy) is 5. The number of nitrogens with zero attached hydrogens (tertiary/aromatic N) is 3. The van der Waals surface area contributed by atoms with Crippen LogP contribution < -0.4 is 29.8 Å². The van der Waals surface area contributed by atoms with Crippen LogP contribution in [0.4, 0.5) is 14.5 Å². The number of rotatable bonds is 12. The maximum atomic E-state index is 15.5. The summed E-state index contributed by atoms with van der Waals surface area (Å²) in [6.07, 6.45) is 3.62. The van der Waals surface area contributed by atoms with Crippen LogP contribution in [-0.2, 0) is 11.2 Å². The molecule has 0 aliphatic carbocycles. The van der Waals surface area contributed by atoms with E-state index < -0.39 is 23.1 Å². The second-order valence-corrected chi connectivity index (χ2v) is 12.1. The summed E-state index contributed by atoms with van der Waals surface area (Å²) in [5.74, 6) is -0.0185. The molecule has 0 radical (unpaired) electrons. The number of benzene rings is 3. The van der Waals surface area contributed by atoms with E-state index in [0.717, 1.165) is 32.3 Å². The molecule has 2 aliphatic rings. The Labute approximate surface area is 285 Å². The molecule has 0 bridgehead atoms. The average Bonchev–Trinajstić information content (AvgIpc) is 3.56. The Bertz CT molecular complexity index is 2120.